The zero-order valence-electron chi connectivity index (χ0n) is 11.7. The average Bonchev–Trinajstić information content (AvgIpc) is 2.42. The van der Waals surface area contributed by atoms with Gasteiger partial charge in [0.15, 0.2) is 0 Å². The molecular formula is C14H30N2. The molecule has 1 aliphatic rings. The number of nitrogens with one attached hydrogen (secondary N) is 1. The fourth-order valence-corrected chi connectivity index (χ4v) is 2.93. The highest BCUT2D eigenvalue weighted by atomic mass is 15.1. The maximum atomic E-state index is 3.31. The molecule has 2 heteroatoms. The summed E-state index contributed by atoms with van der Waals surface area (Å²) in [4.78, 5) is 2.67. The molecule has 0 aromatic rings. The summed E-state index contributed by atoms with van der Waals surface area (Å²) < 4.78 is 0. The lowest BCUT2D eigenvalue weighted by Gasteiger charge is -2.32. The van der Waals surface area contributed by atoms with Crippen LogP contribution < -0.4 is 5.32 Å². The normalized spacial score (nSPS) is 24.4. The van der Waals surface area contributed by atoms with Gasteiger partial charge in [-0.05, 0) is 50.7 Å². The van der Waals surface area contributed by atoms with Crippen LogP contribution in [0.15, 0.2) is 0 Å². The second-order valence-corrected chi connectivity index (χ2v) is 6.18. The van der Waals surface area contributed by atoms with Gasteiger partial charge in [-0.2, -0.15) is 0 Å². The van der Waals surface area contributed by atoms with Gasteiger partial charge >= 0.3 is 0 Å². The van der Waals surface area contributed by atoms with E-state index in [0.717, 1.165) is 12.5 Å². The standard InChI is InChI=1S/C14H30N2/c1-5-13-7-6-9-16(10-8-13)12-14(2,3)11-15-4/h13,15H,5-12H2,1-4H3. The second-order valence-electron chi connectivity index (χ2n) is 6.18. The van der Waals surface area contributed by atoms with Gasteiger partial charge in [-0.25, -0.2) is 0 Å². The van der Waals surface area contributed by atoms with Crippen LogP contribution in [0.2, 0.25) is 0 Å². The predicted octanol–water partition coefficient (Wildman–Crippen LogP) is 2.74. The van der Waals surface area contributed by atoms with Crippen molar-refractivity contribution in [2.45, 2.75) is 46.5 Å². The zero-order valence-corrected chi connectivity index (χ0v) is 11.7. The van der Waals surface area contributed by atoms with Crippen LogP contribution in [0, 0.1) is 11.3 Å². The lowest BCUT2D eigenvalue weighted by molar-refractivity contribution is 0.179. The van der Waals surface area contributed by atoms with Crippen LogP contribution in [0.1, 0.15) is 46.5 Å². The number of rotatable bonds is 5. The van der Waals surface area contributed by atoms with Crippen LogP contribution in [-0.2, 0) is 0 Å². The summed E-state index contributed by atoms with van der Waals surface area (Å²) in [6.45, 7) is 12.0. The van der Waals surface area contributed by atoms with Crippen molar-refractivity contribution < 1.29 is 0 Å². The van der Waals surface area contributed by atoms with E-state index in [1.54, 1.807) is 0 Å². The van der Waals surface area contributed by atoms with Crippen molar-refractivity contribution in [2.24, 2.45) is 11.3 Å². The highest BCUT2D eigenvalue weighted by Crippen LogP contribution is 2.23. The van der Waals surface area contributed by atoms with Gasteiger partial charge in [0.05, 0.1) is 0 Å². The third-order valence-electron chi connectivity index (χ3n) is 3.82. The molecule has 1 unspecified atom stereocenters. The van der Waals surface area contributed by atoms with Gasteiger partial charge < -0.3 is 10.2 Å². The first kappa shape index (κ1) is 14.0. The molecule has 1 fully saturated rings. The van der Waals surface area contributed by atoms with E-state index >= 15 is 0 Å². The van der Waals surface area contributed by atoms with E-state index in [0.29, 0.717) is 5.41 Å². The monoisotopic (exact) mass is 226 g/mol. The van der Waals surface area contributed by atoms with Crippen LogP contribution >= 0.6 is 0 Å². The maximum Gasteiger partial charge on any atom is 0.00448 e. The van der Waals surface area contributed by atoms with Crippen LogP contribution in [0.5, 0.6) is 0 Å². The van der Waals surface area contributed by atoms with Gasteiger partial charge in [0.2, 0.25) is 0 Å². The van der Waals surface area contributed by atoms with E-state index in [-0.39, 0.29) is 0 Å². The molecule has 1 rings (SSSR count). The Hall–Kier alpha value is -0.0800. The quantitative estimate of drug-likeness (QED) is 0.775. The van der Waals surface area contributed by atoms with Crippen molar-refractivity contribution >= 4 is 0 Å². The minimum Gasteiger partial charge on any atom is -0.319 e. The molecule has 0 aliphatic carbocycles. The smallest absolute Gasteiger partial charge is 0.00448 e. The lowest BCUT2D eigenvalue weighted by Crippen LogP contribution is -2.40. The Bertz CT molecular complexity index is 189. The summed E-state index contributed by atoms with van der Waals surface area (Å²) >= 11 is 0. The predicted molar refractivity (Wildman–Crippen MR) is 71.8 cm³/mol. The van der Waals surface area contributed by atoms with E-state index in [4.69, 9.17) is 0 Å². The third kappa shape index (κ3) is 4.84. The molecule has 0 spiro atoms. The third-order valence-corrected chi connectivity index (χ3v) is 3.82. The molecule has 1 aliphatic heterocycles. The summed E-state index contributed by atoms with van der Waals surface area (Å²) in [5.74, 6) is 0.984. The van der Waals surface area contributed by atoms with Crippen molar-refractivity contribution in [1.29, 1.82) is 0 Å². The fraction of sp³-hybridized carbons (Fsp3) is 1.00. The van der Waals surface area contributed by atoms with Gasteiger partial charge in [0.25, 0.3) is 0 Å². The van der Waals surface area contributed by atoms with E-state index < -0.39 is 0 Å². The molecule has 0 amide bonds. The van der Waals surface area contributed by atoms with Crippen molar-refractivity contribution in [3.8, 4) is 0 Å². The Morgan fingerprint density at radius 3 is 2.62 bits per heavy atom. The summed E-state index contributed by atoms with van der Waals surface area (Å²) in [6, 6.07) is 0. The molecule has 1 saturated heterocycles. The minimum absolute atomic E-state index is 0.404. The number of nitrogens with zero attached hydrogens (tertiary/aromatic N) is 1. The molecule has 1 atom stereocenters. The summed E-state index contributed by atoms with van der Waals surface area (Å²) in [5.41, 5.74) is 0.404. The van der Waals surface area contributed by atoms with Gasteiger partial charge in [-0.15, -0.1) is 0 Å². The minimum atomic E-state index is 0.404. The first-order chi connectivity index (χ1) is 7.57. The Balaban J connectivity index is 2.37. The summed E-state index contributed by atoms with van der Waals surface area (Å²) in [7, 11) is 2.05. The van der Waals surface area contributed by atoms with Crippen LogP contribution in [-0.4, -0.2) is 38.1 Å². The van der Waals surface area contributed by atoms with Crippen molar-refractivity contribution in [3.63, 3.8) is 0 Å². The summed E-state index contributed by atoms with van der Waals surface area (Å²) in [6.07, 6.45) is 5.62. The topological polar surface area (TPSA) is 15.3 Å². The van der Waals surface area contributed by atoms with Gasteiger partial charge in [0.1, 0.15) is 0 Å². The SMILES string of the molecule is CCC1CCCN(CC(C)(C)CNC)CC1. The Labute approximate surface area is 102 Å². The zero-order chi connectivity index (χ0) is 12.0. The molecule has 0 aromatic heterocycles. The van der Waals surface area contributed by atoms with E-state index in [1.807, 2.05) is 0 Å². The molecule has 0 saturated carbocycles. The molecule has 0 bridgehead atoms. The Kier molecular flexibility index (Phi) is 5.77. The second kappa shape index (κ2) is 6.61. The molecule has 0 radical (unpaired) electrons. The molecule has 0 aromatic carbocycles. The summed E-state index contributed by atoms with van der Waals surface area (Å²) in [5, 5.41) is 3.31. The van der Waals surface area contributed by atoms with Crippen molar-refractivity contribution in [1.82, 2.24) is 10.2 Å². The highest BCUT2D eigenvalue weighted by molar-refractivity contribution is 4.78. The lowest BCUT2D eigenvalue weighted by atomic mass is 9.92. The molecule has 2 nitrogen and oxygen atoms in total. The molecule has 1 N–H and O–H groups in total. The largest absolute Gasteiger partial charge is 0.319 e. The maximum absolute atomic E-state index is 3.31. The van der Waals surface area contributed by atoms with Gasteiger partial charge in [0, 0.05) is 13.1 Å². The number of likely N-dealkylation sites (tertiary alicyclic amines) is 1. The van der Waals surface area contributed by atoms with Gasteiger partial charge in [-0.1, -0.05) is 27.2 Å². The van der Waals surface area contributed by atoms with Crippen molar-refractivity contribution in [3.05, 3.63) is 0 Å². The first-order valence-electron chi connectivity index (χ1n) is 6.94. The van der Waals surface area contributed by atoms with Crippen LogP contribution in [0.4, 0.5) is 0 Å². The Morgan fingerprint density at radius 2 is 2.00 bits per heavy atom. The van der Waals surface area contributed by atoms with Crippen LogP contribution in [0.3, 0.4) is 0 Å². The first-order valence-corrected chi connectivity index (χ1v) is 6.94. The van der Waals surface area contributed by atoms with Crippen LogP contribution in [0.25, 0.3) is 0 Å². The van der Waals surface area contributed by atoms with Gasteiger partial charge in [-0.3, -0.25) is 0 Å². The number of hydrogen-bond donors (Lipinski definition) is 1. The fourth-order valence-electron chi connectivity index (χ4n) is 2.93. The van der Waals surface area contributed by atoms with Crippen molar-refractivity contribution in [2.75, 3.05) is 33.2 Å². The Morgan fingerprint density at radius 1 is 1.25 bits per heavy atom. The molecule has 96 valence electrons. The van der Waals surface area contributed by atoms with E-state index in [1.165, 1.54) is 45.3 Å². The molecule has 16 heavy (non-hydrogen) atoms. The van der Waals surface area contributed by atoms with E-state index in [2.05, 4.69) is 38.0 Å². The van der Waals surface area contributed by atoms with E-state index in [9.17, 15) is 0 Å². The highest BCUT2D eigenvalue weighted by Gasteiger charge is 2.23. The molecule has 1 heterocycles. The molecular weight excluding hydrogens is 196 g/mol. The number of hydrogen-bond acceptors (Lipinski definition) is 2. The average molecular weight is 226 g/mol.